The van der Waals surface area contributed by atoms with Crippen LogP contribution in [0.3, 0.4) is 0 Å². The third kappa shape index (κ3) is 6.52. The van der Waals surface area contributed by atoms with Crippen LogP contribution in [-0.4, -0.2) is 64.1 Å². The molecule has 1 fully saturated rings. The number of aromatic nitrogens is 3. The molecule has 1 aliphatic rings. The summed E-state index contributed by atoms with van der Waals surface area (Å²) < 4.78 is 13.6. The summed E-state index contributed by atoms with van der Waals surface area (Å²) in [6.07, 6.45) is 6.38. The molecule has 5 N–H and O–H groups in total. The first-order chi connectivity index (χ1) is 18.5. The van der Waals surface area contributed by atoms with Crippen molar-refractivity contribution in [2.75, 3.05) is 31.5 Å². The average Bonchev–Trinajstić information content (AvgIpc) is 3.63. The topological polar surface area (TPSA) is 153 Å². The normalized spacial score (nSPS) is 14.8. The number of nitrogens with zero attached hydrogens (tertiary/aromatic N) is 4. The predicted octanol–water partition coefficient (Wildman–Crippen LogP) is 2.60. The number of anilines is 1. The summed E-state index contributed by atoms with van der Waals surface area (Å²) in [4.78, 5) is 32.3. The highest BCUT2D eigenvalue weighted by Gasteiger charge is 2.29. The Morgan fingerprint density at radius 2 is 2.18 bits per heavy atom. The van der Waals surface area contributed by atoms with Crippen molar-refractivity contribution in [1.82, 2.24) is 25.4 Å². The summed E-state index contributed by atoms with van der Waals surface area (Å²) in [6.45, 7) is 1.80. The highest BCUT2D eigenvalue weighted by atomic mass is 19.1. The summed E-state index contributed by atoms with van der Waals surface area (Å²) in [5.74, 6) is -0.368. The van der Waals surface area contributed by atoms with Crippen molar-refractivity contribution in [3.8, 4) is 17.3 Å². The fourth-order valence-electron chi connectivity index (χ4n) is 4.60. The van der Waals surface area contributed by atoms with Gasteiger partial charge in [0.1, 0.15) is 17.7 Å². The molecule has 0 unspecified atom stereocenters. The van der Waals surface area contributed by atoms with E-state index in [0.717, 1.165) is 18.4 Å². The number of H-pyrrole nitrogens is 1. The number of halogens is 1. The quantitative estimate of drug-likeness (QED) is 0.304. The number of carbonyl (C=O) groups is 2. The van der Waals surface area contributed by atoms with Crippen LogP contribution in [0.15, 0.2) is 42.7 Å². The Bertz CT molecular complexity index is 1300. The lowest BCUT2D eigenvalue weighted by Gasteiger charge is -2.25. The van der Waals surface area contributed by atoms with Crippen LogP contribution < -0.4 is 16.4 Å². The van der Waals surface area contributed by atoms with E-state index < -0.39 is 5.91 Å². The first-order valence-corrected chi connectivity index (χ1v) is 12.7. The fourth-order valence-corrected chi connectivity index (χ4v) is 4.60. The zero-order chi connectivity index (χ0) is 26.9. The van der Waals surface area contributed by atoms with Crippen LogP contribution in [-0.2, 0) is 11.2 Å². The zero-order valence-corrected chi connectivity index (χ0v) is 21.0. The molecule has 1 saturated heterocycles. The minimum absolute atomic E-state index is 0.0461. The number of hydrogen-bond acceptors (Lipinski definition) is 7. The number of benzene rings is 1. The van der Waals surface area contributed by atoms with E-state index in [9.17, 15) is 19.2 Å². The van der Waals surface area contributed by atoms with Crippen LogP contribution >= 0.6 is 0 Å². The van der Waals surface area contributed by atoms with E-state index in [1.165, 1.54) is 18.2 Å². The molecule has 2 amide bonds. The largest absolute Gasteiger partial charge is 0.369 e. The molecule has 0 radical (unpaired) electrons. The Balaban J connectivity index is 1.52. The molecule has 38 heavy (non-hydrogen) atoms. The molecule has 0 saturated carbocycles. The summed E-state index contributed by atoms with van der Waals surface area (Å²) >= 11 is 0. The van der Waals surface area contributed by atoms with Crippen LogP contribution in [0.4, 0.5) is 10.2 Å². The monoisotopic (exact) mass is 518 g/mol. The van der Waals surface area contributed by atoms with Crippen molar-refractivity contribution in [1.29, 1.82) is 5.26 Å². The van der Waals surface area contributed by atoms with Gasteiger partial charge in [0.25, 0.3) is 5.91 Å². The van der Waals surface area contributed by atoms with Crippen LogP contribution in [0.1, 0.15) is 47.2 Å². The number of amides is 2. The van der Waals surface area contributed by atoms with Crippen molar-refractivity contribution < 1.29 is 14.0 Å². The first-order valence-electron chi connectivity index (χ1n) is 12.7. The number of nitrogens with one attached hydrogen (secondary N) is 3. The van der Waals surface area contributed by atoms with Gasteiger partial charge < -0.3 is 21.3 Å². The molecule has 11 heteroatoms. The van der Waals surface area contributed by atoms with E-state index in [-0.39, 0.29) is 28.9 Å². The number of carbonyl (C=O) groups excluding carboxylic acids is 2. The summed E-state index contributed by atoms with van der Waals surface area (Å²) in [6, 6.07) is 9.84. The van der Waals surface area contributed by atoms with Gasteiger partial charge in [-0.25, -0.2) is 9.37 Å². The van der Waals surface area contributed by atoms with Gasteiger partial charge in [-0.1, -0.05) is 12.1 Å². The van der Waals surface area contributed by atoms with E-state index in [1.54, 1.807) is 18.5 Å². The van der Waals surface area contributed by atoms with E-state index in [2.05, 4.69) is 31.9 Å². The van der Waals surface area contributed by atoms with E-state index >= 15 is 0 Å². The third-order valence-corrected chi connectivity index (χ3v) is 6.54. The Labute approximate surface area is 220 Å². The van der Waals surface area contributed by atoms with Gasteiger partial charge in [-0.2, -0.15) is 10.4 Å². The third-order valence-electron chi connectivity index (χ3n) is 6.54. The van der Waals surface area contributed by atoms with Gasteiger partial charge in [0.2, 0.25) is 5.91 Å². The van der Waals surface area contributed by atoms with Gasteiger partial charge in [-0.05, 0) is 56.0 Å². The molecule has 198 valence electrons. The Hall–Kier alpha value is -4.30. The number of pyridine rings is 1. The van der Waals surface area contributed by atoms with Gasteiger partial charge in [-0.15, -0.1) is 0 Å². The molecule has 3 heterocycles. The van der Waals surface area contributed by atoms with E-state index in [1.807, 2.05) is 11.0 Å². The van der Waals surface area contributed by atoms with Crippen LogP contribution in [0, 0.1) is 17.1 Å². The lowest BCUT2D eigenvalue weighted by Crippen LogP contribution is -2.43. The summed E-state index contributed by atoms with van der Waals surface area (Å²) in [5, 5.41) is 22.5. The maximum atomic E-state index is 13.6. The van der Waals surface area contributed by atoms with Crippen molar-refractivity contribution in [3.05, 3.63) is 65.2 Å². The zero-order valence-electron chi connectivity index (χ0n) is 21.0. The van der Waals surface area contributed by atoms with Crippen LogP contribution in [0.2, 0.25) is 0 Å². The lowest BCUT2D eigenvalue weighted by molar-refractivity contribution is -0.132. The van der Waals surface area contributed by atoms with Gasteiger partial charge in [0, 0.05) is 43.9 Å². The van der Waals surface area contributed by atoms with Crippen molar-refractivity contribution in [2.45, 2.75) is 38.1 Å². The maximum Gasteiger partial charge on any atom is 0.255 e. The summed E-state index contributed by atoms with van der Waals surface area (Å²) in [7, 11) is 0. The smallest absolute Gasteiger partial charge is 0.255 e. The molecule has 0 aliphatic carbocycles. The number of aromatic amines is 1. The lowest BCUT2D eigenvalue weighted by atomic mass is 10.1. The van der Waals surface area contributed by atoms with Gasteiger partial charge in [0.15, 0.2) is 0 Å². The van der Waals surface area contributed by atoms with Crippen LogP contribution in [0.5, 0.6) is 0 Å². The molecule has 1 aliphatic heterocycles. The molecule has 0 spiro atoms. The van der Waals surface area contributed by atoms with Gasteiger partial charge >= 0.3 is 0 Å². The first kappa shape index (κ1) is 26.8. The van der Waals surface area contributed by atoms with Crippen molar-refractivity contribution >= 4 is 17.6 Å². The Morgan fingerprint density at radius 1 is 1.32 bits per heavy atom. The highest BCUT2D eigenvalue weighted by Crippen LogP contribution is 2.26. The number of nitriles is 1. The van der Waals surface area contributed by atoms with E-state index in [4.69, 9.17) is 5.73 Å². The number of nitrogens with two attached hydrogens (primary N) is 1. The number of likely N-dealkylation sites (tertiary alicyclic amines) is 1. The molecular weight excluding hydrogens is 487 g/mol. The Kier molecular flexibility index (Phi) is 9.00. The molecule has 1 atom stereocenters. The predicted molar refractivity (Wildman–Crippen MR) is 140 cm³/mol. The standard InChI is InChI=1S/C27H31FN8O2/c28-21-5-1-4-18(12-21)8-10-31-26-23(13-19(14-30)25(35-26)20-15-33-34-16-20)27(38)32-17-22-6-3-11-36(22)24(37)7-2-9-29/h1,4-5,12-13,15-16,22H,2-3,6-11,17,29H2,(H,31,35)(H,32,38)(H,33,34)/t22-/m1/s1. The molecule has 10 nitrogen and oxygen atoms in total. The highest BCUT2D eigenvalue weighted by molar-refractivity contribution is 6.00. The molecule has 0 bridgehead atoms. The fraction of sp³-hybridized carbons (Fsp3) is 0.370. The number of hydrogen-bond donors (Lipinski definition) is 4. The molecule has 2 aromatic heterocycles. The minimum atomic E-state index is -0.401. The van der Waals surface area contributed by atoms with Crippen molar-refractivity contribution in [3.63, 3.8) is 0 Å². The minimum Gasteiger partial charge on any atom is -0.369 e. The summed E-state index contributed by atoms with van der Waals surface area (Å²) in [5.41, 5.74) is 7.78. The molecule has 4 rings (SSSR count). The van der Waals surface area contributed by atoms with Gasteiger partial charge in [-0.3, -0.25) is 14.7 Å². The SMILES string of the molecule is N#Cc1cc(C(=O)NC[C@H]2CCCN2C(=O)CCCN)c(NCCc2cccc(F)c2)nc1-c1cn[nH]c1. The molecular formula is C27H31FN8O2. The van der Waals surface area contributed by atoms with Gasteiger partial charge in [0.05, 0.1) is 23.0 Å². The molecule has 3 aromatic rings. The second-order valence-corrected chi connectivity index (χ2v) is 9.17. The number of rotatable bonds is 11. The van der Waals surface area contributed by atoms with E-state index in [0.29, 0.717) is 62.5 Å². The van der Waals surface area contributed by atoms with Crippen molar-refractivity contribution in [2.24, 2.45) is 5.73 Å². The second-order valence-electron chi connectivity index (χ2n) is 9.17. The maximum absolute atomic E-state index is 13.6. The molecule has 1 aromatic carbocycles. The average molecular weight is 519 g/mol. The second kappa shape index (κ2) is 12.8. The van der Waals surface area contributed by atoms with Crippen LogP contribution in [0.25, 0.3) is 11.3 Å². The Morgan fingerprint density at radius 3 is 2.92 bits per heavy atom.